The number of rotatable bonds is 8. The number of urea groups is 1. The van der Waals surface area contributed by atoms with Crippen LogP contribution in [0.1, 0.15) is 23.1 Å². The number of imide groups is 1. The maximum Gasteiger partial charge on any atom is 0.416 e. The highest BCUT2D eigenvalue weighted by Gasteiger charge is 2.65. The number of nitrogens with zero attached hydrogens (tertiary/aromatic N) is 5. The Balaban J connectivity index is 1.11. The summed E-state index contributed by atoms with van der Waals surface area (Å²) in [6.07, 6.45) is -0.888. The predicted molar refractivity (Wildman–Crippen MR) is 156 cm³/mol. The molecule has 1 aliphatic carbocycles. The van der Waals surface area contributed by atoms with Gasteiger partial charge in [0.2, 0.25) is 5.91 Å². The molecule has 15 heteroatoms. The van der Waals surface area contributed by atoms with Crippen LogP contribution in [-0.2, 0) is 39.4 Å². The molecule has 2 aromatic carbocycles. The summed E-state index contributed by atoms with van der Waals surface area (Å²) in [4.78, 5) is 43.8. The molecule has 3 aliphatic heterocycles. The predicted octanol–water partition coefficient (Wildman–Crippen LogP) is 3.40. The summed E-state index contributed by atoms with van der Waals surface area (Å²) in [5.74, 6) is -2.44. The number of benzene rings is 2. The van der Waals surface area contributed by atoms with Gasteiger partial charge in [-0.05, 0) is 54.3 Å². The Bertz CT molecular complexity index is 1750. The van der Waals surface area contributed by atoms with Crippen molar-refractivity contribution in [1.82, 2.24) is 29.8 Å². The van der Waals surface area contributed by atoms with Gasteiger partial charge in [0, 0.05) is 31.4 Å². The van der Waals surface area contributed by atoms with E-state index in [9.17, 15) is 36.3 Å². The number of aryl methyl sites for hydroxylation is 1. The Morgan fingerprint density at radius 1 is 1.09 bits per heavy atom. The second kappa shape index (κ2) is 10.8. The third-order valence-corrected chi connectivity index (χ3v) is 9.60. The zero-order valence-corrected chi connectivity index (χ0v) is 25.3. The molecule has 0 radical (unpaired) electrons. The van der Waals surface area contributed by atoms with Crippen LogP contribution in [0.15, 0.2) is 54.9 Å². The summed E-state index contributed by atoms with van der Waals surface area (Å²) in [7, 11) is 1.84. The average Bonchev–Trinajstić information content (AvgIpc) is 3.64. The molecule has 47 heavy (non-hydrogen) atoms. The maximum atomic E-state index is 14.8. The lowest BCUT2D eigenvalue weighted by molar-refractivity contribution is -0.302. The Morgan fingerprint density at radius 2 is 1.81 bits per heavy atom. The van der Waals surface area contributed by atoms with Crippen LogP contribution in [0.5, 0.6) is 0 Å². The minimum atomic E-state index is -4.88. The number of aromatic nitrogens is 2. The molecule has 0 saturated carbocycles. The maximum absolute atomic E-state index is 14.8. The van der Waals surface area contributed by atoms with Gasteiger partial charge in [-0.2, -0.15) is 18.3 Å². The zero-order valence-electron chi connectivity index (χ0n) is 25.3. The first-order chi connectivity index (χ1) is 22.2. The van der Waals surface area contributed by atoms with Crippen molar-refractivity contribution < 1.29 is 41.1 Å². The highest BCUT2D eigenvalue weighted by atomic mass is 19.4. The second-order valence-corrected chi connectivity index (χ2v) is 13.0. The van der Waals surface area contributed by atoms with Crippen LogP contribution in [0.25, 0.3) is 11.1 Å². The molecule has 0 bridgehead atoms. The molecule has 0 unspecified atom stereocenters. The standard InChI is InChI=1S/C32H31F5N6O4/c1-40-15-29(34,16-40)17-41-13-23(11-38-41)21-4-7-25-22(10-21)8-9-31(25)27(45)42(28(46)39-31)14-26(44)43(12-20-2-5-24(33)6-3-20)30(18-47-19-30)32(35,36)37/h2-7,10-11,13H,8-9,12,14-19H2,1H3,(H,39,46)/t31-/m0/s1. The molecule has 248 valence electrons. The van der Waals surface area contributed by atoms with E-state index in [2.05, 4.69) is 10.4 Å². The van der Waals surface area contributed by atoms with Crippen molar-refractivity contribution in [2.24, 2.45) is 0 Å². The molecule has 7 rings (SSSR count). The number of carbonyl (C=O) groups excluding carboxylic acids is 3. The molecule has 4 aliphatic rings. The van der Waals surface area contributed by atoms with E-state index >= 15 is 0 Å². The molecule has 1 aromatic heterocycles. The number of carbonyl (C=O) groups is 3. The third kappa shape index (κ3) is 5.15. The SMILES string of the molecule is CN1CC(F)(Cn2cc(-c3ccc4c(c3)CC[C@]43NC(=O)N(CC(=O)N(Cc4ccc(F)cc4)C4(C(F)(F)F)COC4)C3=O)cn2)C1. The van der Waals surface area contributed by atoms with Crippen LogP contribution in [0.2, 0.25) is 0 Å². The molecular weight excluding hydrogens is 627 g/mol. The van der Waals surface area contributed by atoms with E-state index < -0.39 is 72.9 Å². The van der Waals surface area contributed by atoms with E-state index in [0.717, 1.165) is 28.8 Å². The van der Waals surface area contributed by atoms with Gasteiger partial charge >= 0.3 is 12.2 Å². The number of halogens is 5. The molecular formula is C32H31F5N6O4. The highest BCUT2D eigenvalue weighted by molar-refractivity contribution is 6.10. The van der Waals surface area contributed by atoms with Crippen molar-refractivity contribution in [3.8, 4) is 11.1 Å². The zero-order chi connectivity index (χ0) is 33.4. The van der Waals surface area contributed by atoms with E-state index in [0.29, 0.717) is 34.9 Å². The van der Waals surface area contributed by atoms with Crippen molar-refractivity contribution in [3.63, 3.8) is 0 Å². The fourth-order valence-electron chi connectivity index (χ4n) is 7.12. The topological polar surface area (TPSA) is 100 Å². The minimum absolute atomic E-state index is 0.124. The average molecular weight is 659 g/mol. The summed E-state index contributed by atoms with van der Waals surface area (Å²) in [6, 6.07) is 9.12. The first kappa shape index (κ1) is 31.2. The van der Waals surface area contributed by atoms with Crippen molar-refractivity contribution in [2.45, 2.75) is 48.9 Å². The van der Waals surface area contributed by atoms with Gasteiger partial charge in [-0.1, -0.05) is 30.3 Å². The van der Waals surface area contributed by atoms with Crippen LogP contribution in [0, 0.1) is 5.82 Å². The van der Waals surface area contributed by atoms with Gasteiger partial charge in [0.05, 0.1) is 26.0 Å². The van der Waals surface area contributed by atoms with Crippen LogP contribution in [0.4, 0.5) is 26.7 Å². The molecule has 1 atom stereocenters. The smallest absolute Gasteiger partial charge is 0.376 e. The number of likely N-dealkylation sites (tertiary alicyclic amines) is 1. The monoisotopic (exact) mass is 658 g/mol. The van der Waals surface area contributed by atoms with Gasteiger partial charge in [0.15, 0.2) is 11.2 Å². The van der Waals surface area contributed by atoms with E-state index in [-0.39, 0.29) is 18.5 Å². The quantitative estimate of drug-likeness (QED) is 0.295. The van der Waals surface area contributed by atoms with Crippen LogP contribution >= 0.6 is 0 Å². The molecule has 1 N–H and O–H groups in total. The molecule has 3 saturated heterocycles. The van der Waals surface area contributed by atoms with E-state index in [1.165, 1.54) is 12.1 Å². The largest absolute Gasteiger partial charge is 0.416 e. The minimum Gasteiger partial charge on any atom is -0.376 e. The molecule has 10 nitrogen and oxygen atoms in total. The molecule has 4 amide bonds. The van der Waals surface area contributed by atoms with Crippen molar-refractivity contribution in [3.05, 3.63) is 77.4 Å². The van der Waals surface area contributed by atoms with Gasteiger partial charge in [0.1, 0.15) is 17.9 Å². The third-order valence-electron chi connectivity index (χ3n) is 9.60. The number of alkyl halides is 4. The van der Waals surface area contributed by atoms with Gasteiger partial charge in [-0.25, -0.2) is 13.6 Å². The Kier molecular flexibility index (Phi) is 7.20. The van der Waals surface area contributed by atoms with E-state index in [1.807, 2.05) is 18.0 Å². The van der Waals surface area contributed by atoms with Crippen molar-refractivity contribution in [1.29, 1.82) is 0 Å². The van der Waals surface area contributed by atoms with E-state index in [1.54, 1.807) is 29.2 Å². The Labute approximate surface area is 266 Å². The number of hydrogen-bond donors (Lipinski definition) is 1. The van der Waals surface area contributed by atoms with Gasteiger partial charge < -0.3 is 15.0 Å². The fourth-order valence-corrected chi connectivity index (χ4v) is 7.12. The molecule has 3 aromatic rings. The summed E-state index contributed by atoms with van der Waals surface area (Å²) < 4.78 is 77.8. The summed E-state index contributed by atoms with van der Waals surface area (Å²) in [6.45, 7) is -2.31. The second-order valence-electron chi connectivity index (χ2n) is 13.0. The van der Waals surface area contributed by atoms with Gasteiger partial charge in [-0.3, -0.25) is 24.1 Å². The molecule has 1 spiro atoms. The Hall–Kier alpha value is -4.37. The highest BCUT2D eigenvalue weighted by Crippen LogP contribution is 2.44. The first-order valence-electron chi connectivity index (χ1n) is 15.1. The lowest BCUT2D eigenvalue weighted by atomic mass is 9.90. The molecule has 4 heterocycles. The number of ether oxygens (including phenoxy) is 1. The lowest BCUT2D eigenvalue weighted by Crippen LogP contribution is -2.72. The lowest BCUT2D eigenvalue weighted by Gasteiger charge is -2.50. The normalized spacial score (nSPS) is 23.0. The number of hydrogen-bond acceptors (Lipinski definition) is 6. The summed E-state index contributed by atoms with van der Waals surface area (Å²) in [5, 5.41) is 7.01. The summed E-state index contributed by atoms with van der Waals surface area (Å²) in [5.41, 5.74) is -2.41. The number of amides is 4. The fraction of sp³-hybridized carbons (Fsp3) is 0.438. The number of nitrogens with one attached hydrogen (secondary N) is 1. The van der Waals surface area contributed by atoms with Crippen molar-refractivity contribution >= 4 is 17.8 Å². The Morgan fingerprint density at radius 3 is 2.45 bits per heavy atom. The van der Waals surface area contributed by atoms with Gasteiger partial charge in [-0.15, -0.1) is 0 Å². The number of fused-ring (bicyclic) bond motifs is 2. The van der Waals surface area contributed by atoms with Crippen LogP contribution < -0.4 is 5.32 Å². The first-order valence-corrected chi connectivity index (χ1v) is 15.1. The van der Waals surface area contributed by atoms with E-state index in [4.69, 9.17) is 4.74 Å². The van der Waals surface area contributed by atoms with Gasteiger partial charge in [0.25, 0.3) is 5.91 Å². The van der Waals surface area contributed by atoms with Crippen LogP contribution in [0.3, 0.4) is 0 Å². The molecule has 3 fully saturated rings. The summed E-state index contributed by atoms with van der Waals surface area (Å²) >= 11 is 0. The van der Waals surface area contributed by atoms with Crippen LogP contribution in [-0.4, -0.2) is 99.6 Å². The van der Waals surface area contributed by atoms with Crippen molar-refractivity contribution in [2.75, 3.05) is 39.9 Å².